The van der Waals surface area contributed by atoms with Crippen molar-refractivity contribution in [2.75, 3.05) is 11.9 Å². The average Bonchev–Trinajstić information content (AvgIpc) is 2.97. The summed E-state index contributed by atoms with van der Waals surface area (Å²) in [6, 6.07) is 11.7. The van der Waals surface area contributed by atoms with Crippen molar-refractivity contribution in [2.24, 2.45) is 5.73 Å². The highest BCUT2D eigenvalue weighted by molar-refractivity contribution is 6.04. The highest BCUT2D eigenvalue weighted by Crippen LogP contribution is 2.12. The number of aliphatic carboxylic acids is 1. The summed E-state index contributed by atoms with van der Waals surface area (Å²) in [4.78, 5) is 81.9. The minimum absolute atomic E-state index is 0.0448. The Labute approximate surface area is 236 Å². The van der Waals surface area contributed by atoms with Gasteiger partial charge in [-0.1, -0.05) is 18.2 Å². The molecule has 2 rings (SSSR count). The second-order valence-corrected chi connectivity index (χ2v) is 9.10. The summed E-state index contributed by atoms with van der Waals surface area (Å²) >= 11 is 0. The van der Waals surface area contributed by atoms with Crippen molar-refractivity contribution in [3.05, 3.63) is 65.7 Å². The number of hydrogen-bond donors (Lipinski definition) is 6. The number of nitrogens with two attached hydrogens (primary N) is 1. The van der Waals surface area contributed by atoms with E-state index < -0.39 is 42.3 Å². The Morgan fingerprint density at radius 2 is 1.44 bits per heavy atom. The number of carboxylic acid groups (broad SMARTS) is 1. The molecule has 0 spiro atoms. The maximum atomic E-state index is 12.5. The number of carbonyl (C=O) groups excluding carboxylic acids is 6. The van der Waals surface area contributed by atoms with Crippen molar-refractivity contribution < 1.29 is 38.7 Å². The lowest BCUT2D eigenvalue weighted by molar-refractivity contribution is -0.139. The number of aldehydes is 2. The highest BCUT2D eigenvalue weighted by Gasteiger charge is 2.20. The molecule has 0 aliphatic rings. The summed E-state index contributed by atoms with van der Waals surface area (Å²) in [5, 5.41) is 18.9. The summed E-state index contributed by atoms with van der Waals surface area (Å²) in [6.07, 6.45) is 0.822. The van der Waals surface area contributed by atoms with Gasteiger partial charge in [0.05, 0.1) is 24.5 Å². The number of rotatable bonds is 17. The van der Waals surface area contributed by atoms with E-state index in [9.17, 15) is 33.6 Å². The molecule has 0 fully saturated rings. The predicted molar refractivity (Wildman–Crippen MR) is 148 cm³/mol. The van der Waals surface area contributed by atoms with Gasteiger partial charge in [-0.15, -0.1) is 0 Å². The van der Waals surface area contributed by atoms with Crippen molar-refractivity contribution in [3.63, 3.8) is 0 Å². The number of carboxylic acids is 1. The molecule has 0 saturated carbocycles. The quantitative estimate of drug-likeness (QED) is 0.115. The molecule has 41 heavy (non-hydrogen) atoms. The van der Waals surface area contributed by atoms with Gasteiger partial charge in [-0.05, 0) is 55.7 Å². The second-order valence-electron chi connectivity index (χ2n) is 9.10. The van der Waals surface area contributed by atoms with Gasteiger partial charge >= 0.3 is 5.97 Å². The summed E-state index contributed by atoms with van der Waals surface area (Å²) in [6.45, 7) is 0.192. The third kappa shape index (κ3) is 11.8. The maximum absolute atomic E-state index is 12.5. The van der Waals surface area contributed by atoms with E-state index in [2.05, 4.69) is 21.3 Å². The first-order chi connectivity index (χ1) is 19.6. The van der Waals surface area contributed by atoms with Crippen LogP contribution in [0.5, 0.6) is 0 Å². The Kier molecular flexibility index (Phi) is 13.3. The largest absolute Gasteiger partial charge is 0.481 e. The third-order valence-electron chi connectivity index (χ3n) is 5.84. The second kappa shape index (κ2) is 16.9. The molecule has 0 aromatic heterocycles. The predicted octanol–water partition coefficient (Wildman–Crippen LogP) is 0.399. The molecule has 3 atom stereocenters. The van der Waals surface area contributed by atoms with Gasteiger partial charge in [0.25, 0.3) is 11.8 Å². The monoisotopic (exact) mass is 567 g/mol. The molecule has 4 amide bonds. The molecule has 218 valence electrons. The zero-order valence-corrected chi connectivity index (χ0v) is 22.2. The molecule has 7 N–H and O–H groups in total. The first-order valence-corrected chi connectivity index (χ1v) is 12.8. The van der Waals surface area contributed by atoms with Crippen LogP contribution in [0.15, 0.2) is 54.6 Å². The zero-order valence-electron chi connectivity index (χ0n) is 22.2. The summed E-state index contributed by atoms with van der Waals surface area (Å²) in [7, 11) is 0. The fourth-order valence-corrected chi connectivity index (χ4v) is 3.59. The molecule has 0 heterocycles. The van der Waals surface area contributed by atoms with Crippen molar-refractivity contribution in [1.82, 2.24) is 16.0 Å². The third-order valence-corrected chi connectivity index (χ3v) is 5.84. The van der Waals surface area contributed by atoms with E-state index in [4.69, 9.17) is 10.8 Å². The van der Waals surface area contributed by atoms with Crippen LogP contribution in [-0.2, 0) is 24.0 Å². The Hall–Kier alpha value is -4.91. The molecule has 0 saturated heterocycles. The molecule has 13 nitrogen and oxygen atoms in total. The van der Waals surface area contributed by atoms with Crippen LogP contribution in [-0.4, -0.2) is 71.9 Å². The van der Waals surface area contributed by atoms with Crippen LogP contribution < -0.4 is 27.0 Å². The van der Waals surface area contributed by atoms with E-state index in [1.807, 2.05) is 0 Å². The van der Waals surface area contributed by atoms with Crippen molar-refractivity contribution in [1.29, 1.82) is 0 Å². The van der Waals surface area contributed by atoms with E-state index in [1.54, 1.807) is 42.5 Å². The fourth-order valence-electron chi connectivity index (χ4n) is 3.59. The van der Waals surface area contributed by atoms with Gasteiger partial charge in [0, 0.05) is 29.8 Å². The molecule has 0 radical (unpaired) electrons. The summed E-state index contributed by atoms with van der Waals surface area (Å²) in [5.74, 6) is -3.10. The van der Waals surface area contributed by atoms with Crippen LogP contribution in [0.2, 0.25) is 0 Å². The zero-order chi connectivity index (χ0) is 30.2. The lowest BCUT2D eigenvalue weighted by Crippen LogP contribution is -2.47. The molecule has 0 aliphatic heterocycles. The normalized spacial score (nSPS) is 12.6. The lowest BCUT2D eigenvalue weighted by atomic mass is 10.1. The molecule has 2 aromatic rings. The molecule has 1 unspecified atom stereocenters. The minimum atomic E-state index is -1.24. The number of benzene rings is 2. The molecular weight excluding hydrogens is 534 g/mol. The first kappa shape index (κ1) is 32.3. The maximum Gasteiger partial charge on any atom is 0.305 e. The number of nitrogens with one attached hydrogen (secondary N) is 4. The van der Waals surface area contributed by atoms with Crippen molar-refractivity contribution in [3.8, 4) is 0 Å². The number of anilines is 1. The standard InChI is InChI=1S/C28H33N5O8/c29-23(28(41)33-22(17-35)15-25(37)38)7-4-14-30-24(36)13-12-21(16-34)32-27(40)19-8-10-20(11-9-19)31-26(39)18-5-2-1-3-6-18/h1-3,5-6,8-11,16-17,21-23H,4,7,12-15,29H2,(H,30,36)(H,31,39)(H,32,40)(H,33,41)(H,37,38)/t21?,22-,23-/m0/s1. The first-order valence-electron chi connectivity index (χ1n) is 12.8. The minimum Gasteiger partial charge on any atom is -0.481 e. The Bertz CT molecular complexity index is 1220. The smallest absolute Gasteiger partial charge is 0.305 e. The molecule has 0 bridgehead atoms. The fraction of sp³-hybridized carbons (Fsp3) is 0.321. The van der Waals surface area contributed by atoms with E-state index in [0.29, 0.717) is 30.2 Å². The van der Waals surface area contributed by atoms with Gasteiger partial charge < -0.3 is 41.7 Å². The van der Waals surface area contributed by atoms with Gasteiger partial charge in [0.15, 0.2) is 0 Å². The van der Waals surface area contributed by atoms with E-state index in [-0.39, 0.29) is 43.2 Å². The Morgan fingerprint density at radius 1 is 0.805 bits per heavy atom. The van der Waals surface area contributed by atoms with Crippen LogP contribution in [0.25, 0.3) is 0 Å². The van der Waals surface area contributed by atoms with Crippen LogP contribution in [0.4, 0.5) is 5.69 Å². The lowest BCUT2D eigenvalue weighted by Gasteiger charge is -2.16. The molecule has 2 aromatic carbocycles. The van der Waals surface area contributed by atoms with Crippen LogP contribution in [0.3, 0.4) is 0 Å². The van der Waals surface area contributed by atoms with Crippen molar-refractivity contribution in [2.45, 2.75) is 50.2 Å². The Morgan fingerprint density at radius 3 is 2.05 bits per heavy atom. The van der Waals surface area contributed by atoms with Crippen LogP contribution in [0.1, 0.15) is 52.8 Å². The SMILES string of the molecule is N[C@@H](CCCNC(=O)CCC(C=O)NC(=O)c1ccc(NC(=O)c2ccccc2)cc1)C(=O)N[C@H](C=O)CC(=O)O. The molecular formula is C28H33N5O8. The van der Waals surface area contributed by atoms with Crippen LogP contribution in [0, 0.1) is 0 Å². The summed E-state index contributed by atoms with van der Waals surface area (Å²) in [5.41, 5.74) is 6.99. The van der Waals surface area contributed by atoms with E-state index in [1.165, 1.54) is 12.1 Å². The van der Waals surface area contributed by atoms with E-state index >= 15 is 0 Å². The van der Waals surface area contributed by atoms with Crippen LogP contribution >= 0.6 is 0 Å². The van der Waals surface area contributed by atoms with Gasteiger partial charge in [-0.2, -0.15) is 0 Å². The van der Waals surface area contributed by atoms with Gasteiger partial charge in [-0.3, -0.25) is 24.0 Å². The average molecular weight is 568 g/mol. The summed E-state index contributed by atoms with van der Waals surface area (Å²) < 4.78 is 0. The number of amides is 4. The molecule has 0 aliphatic carbocycles. The van der Waals surface area contributed by atoms with E-state index in [0.717, 1.165) is 0 Å². The van der Waals surface area contributed by atoms with Crippen molar-refractivity contribution >= 4 is 47.9 Å². The topological polar surface area (TPSA) is 214 Å². The molecule has 13 heteroatoms. The number of carbonyl (C=O) groups is 7. The Balaban J connectivity index is 1.70. The van der Waals surface area contributed by atoms with Gasteiger partial charge in [-0.25, -0.2) is 0 Å². The highest BCUT2D eigenvalue weighted by atomic mass is 16.4. The van der Waals surface area contributed by atoms with Gasteiger partial charge in [0.2, 0.25) is 11.8 Å². The number of hydrogen-bond acceptors (Lipinski definition) is 8. The van der Waals surface area contributed by atoms with Gasteiger partial charge in [0.1, 0.15) is 12.6 Å².